The molecule has 0 bridgehead atoms. The van der Waals surface area contributed by atoms with Gasteiger partial charge in [0.05, 0.1) is 0 Å². The second kappa shape index (κ2) is 5.51. The molecule has 1 heterocycles. The van der Waals surface area contributed by atoms with E-state index in [4.69, 9.17) is 10.8 Å². The first-order valence-electron chi connectivity index (χ1n) is 4.69. The summed E-state index contributed by atoms with van der Waals surface area (Å²) in [4.78, 5) is 20.8. The highest BCUT2D eigenvalue weighted by atomic mass is 32.2. The SMILES string of the molecule is NC(=O)NCCNS(=O)(=O)c1ccc(C(=O)O)o1. The van der Waals surface area contributed by atoms with Crippen molar-refractivity contribution in [2.24, 2.45) is 5.73 Å². The number of carbonyl (C=O) groups is 2. The van der Waals surface area contributed by atoms with Gasteiger partial charge in [-0.05, 0) is 12.1 Å². The molecule has 0 aromatic carbocycles. The van der Waals surface area contributed by atoms with Crippen LogP contribution in [-0.2, 0) is 10.0 Å². The van der Waals surface area contributed by atoms with Crippen molar-refractivity contribution in [3.05, 3.63) is 17.9 Å². The van der Waals surface area contributed by atoms with Crippen molar-refractivity contribution >= 4 is 22.0 Å². The number of carboxylic acids is 1. The number of primary amides is 1. The highest BCUT2D eigenvalue weighted by Gasteiger charge is 2.20. The molecule has 10 heteroatoms. The highest BCUT2D eigenvalue weighted by Crippen LogP contribution is 2.13. The van der Waals surface area contributed by atoms with E-state index in [1.807, 2.05) is 0 Å². The molecule has 1 aromatic heterocycles. The van der Waals surface area contributed by atoms with Crippen LogP contribution in [0.4, 0.5) is 4.79 Å². The quantitative estimate of drug-likeness (QED) is 0.485. The Balaban J connectivity index is 2.62. The van der Waals surface area contributed by atoms with Crippen molar-refractivity contribution in [1.82, 2.24) is 10.0 Å². The molecule has 0 atom stereocenters. The standard InChI is InChI=1S/C8H11N3O6S/c9-8(14)10-3-4-11-18(15,16)6-2-1-5(17-6)7(12)13/h1-2,11H,3-4H2,(H,12,13)(H3,9,10,14). The molecule has 1 aromatic rings. The van der Waals surface area contributed by atoms with Crippen LogP contribution in [0.3, 0.4) is 0 Å². The smallest absolute Gasteiger partial charge is 0.371 e. The second-order valence-corrected chi connectivity index (χ2v) is 4.81. The molecule has 0 spiro atoms. The summed E-state index contributed by atoms with van der Waals surface area (Å²) in [6.45, 7) is -0.102. The van der Waals surface area contributed by atoms with Gasteiger partial charge in [0.1, 0.15) is 0 Å². The maximum Gasteiger partial charge on any atom is 0.371 e. The molecular weight excluding hydrogens is 266 g/mol. The minimum atomic E-state index is -3.94. The Bertz CT molecular complexity index is 549. The summed E-state index contributed by atoms with van der Waals surface area (Å²) in [5.41, 5.74) is 4.78. The molecule has 1 rings (SSSR count). The van der Waals surface area contributed by atoms with E-state index in [1.54, 1.807) is 0 Å². The molecule has 0 saturated carbocycles. The van der Waals surface area contributed by atoms with Crippen LogP contribution in [0.25, 0.3) is 0 Å². The number of carbonyl (C=O) groups excluding carboxylic acids is 1. The molecule has 0 unspecified atom stereocenters. The summed E-state index contributed by atoms with van der Waals surface area (Å²) < 4.78 is 29.9. The van der Waals surface area contributed by atoms with E-state index in [1.165, 1.54) is 0 Å². The summed E-state index contributed by atoms with van der Waals surface area (Å²) in [6, 6.07) is 1.27. The van der Waals surface area contributed by atoms with Gasteiger partial charge in [-0.25, -0.2) is 22.7 Å². The second-order valence-electron chi connectivity index (χ2n) is 3.11. The molecule has 0 aliphatic rings. The Morgan fingerprint density at radius 2 is 2.00 bits per heavy atom. The van der Waals surface area contributed by atoms with E-state index < -0.39 is 32.9 Å². The van der Waals surface area contributed by atoms with Crippen LogP contribution in [0, 0.1) is 0 Å². The minimum Gasteiger partial charge on any atom is -0.475 e. The van der Waals surface area contributed by atoms with E-state index in [0.29, 0.717) is 0 Å². The van der Waals surface area contributed by atoms with Crippen molar-refractivity contribution in [1.29, 1.82) is 0 Å². The zero-order chi connectivity index (χ0) is 13.8. The summed E-state index contributed by atoms with van der Waals surface area (Å²) >= 11 is 0. The Hall–Kier alpha value is -2.07. The third-order valence-corrected chi connectivity index (χ3v) is 3.11. The number of nitrogens with two attached hydrogens (primary N) is 1. The van der Waals surface area contributed by atoms with Gasteiger partial charge in [-0.2, -0.15) is 0 Å². The Morgan fingerprint density at radius 3 is 2.50 bits per heavy atom. The van der Waals surface area contributed by atoms with Gasteiger partial charge < -0.3 is 20.6 Å². The first kappa shape index (κ1) is 14.0. The zero-order valence-electron chi connectivity index (χ0n) is 9.04. The molecule has 0 aliphatic carbocycles. The predicted octanol–water partition coefficient (Wildman–Crippen LogP) is -1.08. The number of rotatable bonds is 6. The zero-order valence-corrected chi connectivity index (χ0v) is 9.86. The van der Waals surface area contributed by atoms with E-state index in [0.717, 1.165) is 12.1 Å². The van der Waals surface area contributed by atoms with Crippen molar-refractivity contribution in [3.63, 3.8) is 0 Å². The normalized spacial score (nSPS) is 11.1. The number of urea groups is 1. The van der Waals surface area contributed by atoms with E-state index in [2.05, 4.69) is 14.5 Å². The number of hydrogen-bond acceptors (Lipinski definition) is 5. The number of sulfonamides is 1. The van der Waals surface area contributed by atoms with Crippen LogP contribution < -0.4 is 15.8 Å². The number of aromatic carboxylic acids is 1. The Kier molecular flexibility index (Phi) is 4.28. The first-order chi connectivity index (χ1) is 8.33. The lowest BCUT2D eigenvalue weighted by atomic mass is 10.5. The fraction of sp³-hybridized carbons (Fsp3) is 0.250. The largest absolute Gasteiger partial charge is 0.475 e. The molecule has 5 N–H and O–H groups in total. The summed E-state index contributed by atoms with van der Waals surface area (Å²) in [7, 11) is -3.94. The Labute approximate surface area is 102 Å². The van der Waals surface area contributed by atoms with Gasteiger partial charge in [-0.1, -0.05) is 0 Å². The van der Waals surface area contributed by atoms with Gasteiger partial charge in [0.15, 0.2) is 0 Å². The van der Waals surface area contributed by atoms with Crippen LogP contribution in [0.1, 0.15) is 10.6 Å². The molecular formula is C8H11N3O6S. The molecule has 2 amide bonds. The molecule has 0 aliphatic heterocycles. The van der Waals surface area contributed by atoms with E-state index in [-0.39, 0.29) is 13.1 Å². The maximum absolute atomic E-state index is 11.6. The minimum absolute atomic E-state index is 0.00105. The van der Waals surface area contributed by atoms with Gasteiger partial charge in [-0.3, -0.25) is 0 Å². The van der Waals surface area contributed by atoms with Gasteiger partial charge in [-0.15, -0.1) is 0 Å². The van der Waals surface area contributed by atoms with Crippen LogP contribution in [0.2, 0.25) is 0 Å². The third-order valence-electron chi connectivity index (χ3n) is 1.77. The molecule has 9 nitrogen and oxygen atoms in total. The third kappa shape index (κ3) is 3.75. The lowest BCUT2D eigenvalue weighted by Crippen LogP contribution is -2.37. The number of furan rings is 1. The maximum atomic E-state index is 11.6. The van der Waals surface area contributed by atoms with Gasteiger partial charge in [0.25, 0.3) is 10.0 Å². The van der Waals surface area contributed by atoms with Gasteiger partial charge in [0.2, 0.25) is 10.9 Å². The van der Waals surface area contributed by atoms with Crippen LogP contribution in [-0.4, -0.2) is 38.6 Å². The van der Waals surface area contributed by atoms with Crippen molar-refractivity contribution in [2.45, 2.75) is 5.09 Å². The molecule has 18 heavy (non-hydrogen) atoms. The number of hydrogen-bond donors (Lipinski definition) is 4. The fourth-order valence-corrected chi connectivity index (χ4v) is 1.98. The molecule has 0 radical (unpaired) electrons. The number of carboxylic acid groups (broad SMARTS) is 1. The fourth-order valence-electron chi connectivity index (χ4n) is 1.02. The molecule has 0 fully saturated rings. The summed E-state index contributed by atoms with van der Waals surface area (Å²) in [5.74, 6) is -1.85. The van der Waals surface area contributed by atoms with E-state index >= 15 is 0 Å². The topological polar surface area (TPSA) is 152 Å². The summed E-state index contributed by atoms with van der Waals surface area (Å²) in [5, 5.41) is 10.2. The van der Waals surface area contributed by atoms with Crippen LogP contribution in [0.15, 0.2) is 21.6 Å². The van der Waals surface area contributed by atoms with Gasteiger partial charge >= 0.3 is 12.0 Å². The average Bonchev–Trinajstić information content (AvgIpc) is 2.74. The Morgan fingerprint density at radius 1 is 1.33 bits per heavy atom. The number of nitrogens with one attached hydrogen (secondary N) is 2. The molecule has 100 valence electrons. The molecule has 0 saturated heterocycles. The average molecular weight is 277 g/mol. The van der Waals surface area contributed by atoms with Crippen LogP contribution >= 0.6 is 0 Å². The first-order valence-corrected chi connectivity index (χ1v) is 6.17. The lowest BCUT2D eigenvalue weighted by Gasteiger charge is -2.04. The summed E-state index contributed by atoms with van der Waals surface area (Å²) in [6.07, 6.45) is 0. The lowest BCUT2D eigenvalue weighted by molar-refractivity contribution is 0.0656. The van der Waals surface area contributed by atoms with Crippen molar-refractivity contribution in [3.8, 4) is 0 Å². The van der Waals surface area contributed by atoms with Crippen molar-refractivity contribution < 1.29 is 27.5 Å². The van der Waals surface area contributed by atoms with E-state index in [9.17, 15) is 18.0 Å². The highest BCUT2D eigenvalue weighted by molar-refractivity contribution is 7.89. The van der Waals surface area contributed by atoms with Gasteiger partial charge in [0, 0.05) is 13.1 Å². The predicted molar refractivity (Wildman–Crippen MR) is 58.4 cm³/mol. The monoisotopic (exact) mass is 277 g/mol. The van der Waals surface area contributed by atoms with Crippen molar-refractivity contribution in [2.75, 3.05) is 13.1 Å². The number of amides is 2. The van der Waals surface area contributed by atoms with Crippen LogP contribution in [0.5, 0.6) is 0 Å².